The molecule has 1 heterocycles. The molecule has 28 heavy (non-hydrogen) atoms. The molecule has 0 aliphatic carbocycles. The highest BCUT2D eigenvalue weighted by Crippen LogP contribution is 2.27. The van der Waals surface area contributed by atoms with Crippen LogP contribution in [0.3, 0.4) is 0 Å². The van der Waals surface area contributed by atoms with E-state index in [-0.39, 0.29) is 17.8 Å². The lowest BCUT2D eigenvalue weighted by molar-refractivity contribution is 0.102. The van der Waals surface area contributed by atoms with Gasteiger partial charge in [0, 0.05) is 11.1 Å². The van der Waals surface area contributed by atoms with Gasteiger partial charge in [0.15, 0.2) is 5.69 Å². The van der Waals surface area contributed by atoms with Crippen molar-refractivity contribution in [2.45, 2.75) is 20.0 Å². The molecule has 0 bridgehead atoms. The Morgan fingerprint density at radius 3 is 2.43 bits per heavy atom. The van der Waals surface area contributed by atoms with Gasteiger partial charge < -0.3 is 14.8 Å². The van der Waals surface area contributed by atoms with Crippen molar-refractivity contribution in [2.24, 2.45) is 0 Å². The van der Waals surface area contributed by atoms with Gasteiger partial charge in [-0.1, -0.05) is 12.7 Å². The van der Waals surface area contributed by atoms with Crippen LogP contribution in [0.2, 0.25) is 0 Å². The highest BCUT2D eigenvalue weighted by atomic mass is 16.6. The number of carbonyl (C=O) groups excluding carboxylic acids is 1. The van der Waals surface area contributed by atoms with Crippen molar-refractivity contribution >= 4 is 11.7 Å². The second-order valence-electron chi connectivity index (χ2n) is 6.23. The zero-order valence-electron chi connectivity index (χ0n) is 15.7. The summed E-state index contributed by atoms with van der Waals surface area (Å²) in [5.74, 6) is 1.32. The second kappa shape index (κ2) is 8.85. The van der Waals surface area contributed by atoms with Crippen molar-refractivity contribution in [2.75, 3.05) is 11.9 Å². The lowest BCUT2D eigenvalue weighted by atomic mass is 10.1. The molecular formula is C21H21N3O4. The fourth-order valence-electron chi connectivity index (χ4n) is 2.46. The number of nitrogens with one attached hydrogen (secondary N) is 1. The third-order valence-electron chi connectivity index (χ3n) is 3.70. The van der Waals surface area contributed by atoms with Gasteiger partial charge in [0.05, 0.1) is 6.10 Å². The molecule has 0 saturated heterocycles. The first-order valence-electron chi connectivity index (χ1n) is 8.81. The number of benzene rings is 2. The Kier molecular flexibility index (Phi) is 6.06. The second-order valence-corrected chi connectivity index (χ2v) is 6.23. The lowest BCUT2D eigenvalue weighted by Crippen LogP contribution is -2.12. The molecule has 3 rings (SSSR count). The highest BCUT2D eigenvalue weighted by Gasteiger charge is 2.16. The van der Waals surface area contributed by atoms with Crippen molar-refractivity contribution in [3.63, 3.8) is 0 Å². The Balaban J connectivity index is 1.71. The molecule has 2 aromatic carbocycles. The van der Waals surface area contributed by atoms with Crippen LogP contribution in [0.15, 0.2) is 65.8 Å². The summed E-state index contributed by atoms with van der Waals surface area (Å²) in [4.78, 5) is 12.5. The Hall–Kier alpha value is -3.61. The summed E-state index contributed by atoms with van der Waals surface area (Å²) in [5.41, 5.74) is 1.65. The number of aromatic nitrogens is 2. The molecule has 7 nitrogen and oxygen atoms in total. The van der Waals surface area contributed by atoms with Crippen LogP contribution >= 0.6 is 0 Å². The molecular weight excluding hydrogens is 358 g/mol. The third kappa shape index (κ3) is 4.76. The van der Waals surface area contributed by atoms with Crippen molar-refractivity contribution in [3.05, 3.63) is 66.7 Å². The predicted molar refractivity (Wildman–Crippen MR) is 106 cm³/mol. The van der Waals surface area contributed by atoms with Crippen LogP contribution in [-0.4, -0.2) is 28.9 Å². The van der Waals surface area contributed by atoms with Gasteiger partial charge in [-0.3, -0.25) is 4.79 Å². The van der Waals surface area contributed by atoms with E-state index >= 15 is 0 Å². The lowest BCUT2D eigenvalue weighted by Gasteiger charge is -2.09. The molecule has 0 unspecified atom stereocenters. The van der Waals surface area contributed by atoms with Crippen molar-refractivity contribution in [1.82, 2.24) is 10.3 Å². The Morgan fingerprint density at radius 1 is 1.11 bits per heavy atom. The molecule has 0 saturated carbocycles. The molecule has 0 spiro atoms. The molecule has 7 heteroatoms. The minimum atomic E-state index is -0.327. The van der Waals surface area contributed by atoms with Gasteiger partial charge in [-0.05, 0) is 72.7 Å². The first-order chi connectivity index (χ1) is 13.6. The van der Waals surface area contributed by atoms with Crippen LogP contribution in [0.5, 0.6) is 11.5 Å². The number of amides is 1. The molecule has 1 N–H and O–H groups in total. The number of carbonyl (C=O) groups is 1. The third-order valence-corrected chi connectivity index (χ3v) is 3.70. The van der Waals surface area contributed by atoms with Gasteiger partial charge in [0.2, 0.25) is 5.82 Å². The van der Waals surface area contributed by atoms with Crippen LogP contribution in [-0.2, 0) is 0 Å². The Labute approximate surface area is 162 Å². The van der Waals surface area contributed by atoms with E-state index in [9.17, 15) is 4.79 Å². The van der Waals surface area contributed by atoms with E-state index in [1.807, 2.05) is 38.1 Å². The molecule has 144 valence electrons. The van der Waals surface area contributed by atoms with E-state index in [1.165, 1.54) is 0 Å². The molecule has 1 amide bonds. The summed E-state index contributed by atoms with van der Waals surface area (Å²) in [5, 5.41) is 10.4. The number of rotatable bonds is 8. The number of ether oxygens (including phenoxy) is 2. The smallest absolute Gasteiger partial charge is 0.256 e. The van der Waals surface area contributed by atoms with Crippen LogP contribution in [0.4, 0.5) is 5.82 Å². The number of anilines is 1. The van der Waals surface area contributed by atoms with E-state index in [1.54, 1.807) is 30.3 Å². The van der Waals surface area contributed by atoms with Crippen molar-refractivity contribution in [1.29, 1.82) is 0 Å². The summed E-state index contributed by atoms with van der Waals surface area (Å²) in [6.07, 6.45) is 1.74. The maximum absolute atomic E-state index is 12.5. The zero-order chi connectivity index (χ0) is 19.9. The first kappa shape index (κ1) is 19.2. The van der Waals surface area contributed by atoms with Crippen LogP contribution in [0, 0.1) is 0 Å². The average molecular weight is 379 g/mol. The van der Waals surface area contributed by atoms with Gasteiger partial charge in [0.25, 0.3) is 5.91 Å². The van der Waals surface area contributed by atoms with Crippen LogP contribution < -0.4 is 14.8 Å². The average Bonchev–Trinajstić information content (AvgIpc) is 3.15. The van der Waals surface area contributed by atoms with E-state index in [2.05, 4.69) is 22.2 Å². The van der Waals surface area contributed by atoms with Crippen LogP contribution in [0.1, 0.15) is 24.2 Å². The van der Waals surface area contributed by atoms with Crippen LogP contribution in [0.25, 0.3) is 11.3 Å². The van der Waals surface area contributed by atoms with Gasteiger partial charge in [-0.2, -0.15) is 0 Å². The van der Waals surface area contributed by atoms with E-state index in [0.717, 1.165) is 11.3 Å². The summed E-state index contributed by atoms with van der Waals surface area (Å²) in [6.45, 7) is 7.92. The quantitative estimate of drug-likeness (QED) is 0.586. The van der Waals surface area contributed by atoms with E-state index < -0.39 is 0 Å². The molecule has 0 atom stereocenters. The molecule has 3 aromatic rings. The fraction of sp³-hybridized carbons (Fsp3) is 0.190. The minimum absolute atomic E-state index is 0.0861. The summed E-state index contributed by atoms with van der Waals surface area (Å²) < 4.78 is 15.9. The first-order valence-corrected chi connectivity index (χ1v) is 8.81. The number of nitrogens with zero attached hydrogens (tertiary/aromatic N) is 2. The Bertz CT molecular complexity index is 931. The van der Waals surface area contributed by atoms with Crippen molar-refractivity contribution < 1.29 is 18.9 Å². The Morgan fingerprint density at radius 2 is 1.79 bits per heavy atom. The summed E-state index contributed by atoms with van der Waals surface area (Å²) >= 11 is 0. The standard InChI is InChI=1S/C21H21N3O4/c1-4-13-26-17-9-7-16(8-10-17)21(25)22-20-19(23-28-24-20)15-5-11-18(12-6-15)27-14(2)3/h4-12,14H,1,13H2,2-3H3,(H,22,24,25). The molecule has 1 aromatic heterocycles. The normalized spacial score (nSPS) is 10.5. The molecule has 0 aliphatic rings. The number of hydrogen-bond acceptors (Lipinski definition) is 6. The zero-order valence-corrected chi connectivity index (χ0v) is 15.7. The topological polar surface area (TPSA) is 86.5 Å². The molecule has 0 radical (unpaired) electrons. The van der Waals surface area contributed by atoms with Crippen molar-refractivity contribution in [3.8, 4) is 22.8 Å². The monoisotopic (exact) mass is 379 g/mol. The summed E-state index contributed by atoms with van der Waals surface area (Å²) in [7, 11) is 0. The van der Waals surface area contributed by atoms with Gasteiger partial charge >= 0.3 is 0 Å². The fourth-order valence-corrected chi connectivity index (χ4v) is 2.46. The number of hydrogen-bond donors (Lipinski definition) is 1. The van der Waals surface area contributed by atoms with E-state index in [4.69, 9.17) is 14.1 Å². The molecule has 0 aliphatic heterocycles. The van der Waals surface area contributed by atoms with E-state index in [0.29, 0.717) is 23.6 Å². The highest BCUT2D eigenvalue weighted by molar-refractivity contribution is 6.05. The van der Waals surface area contributed by atoms with Gasteiger partial charge in [-0.25, -0.2) is 4.63 Å². The molecule has 0 fully saturated rings. The SMILES string of the molecule is C=CCOc1ccc(C(=O)Nc2nonc2-c2ccc(OC(C)C)cc2)cc1. The predicted octanol–water partition coefficient (Wildman–Crippen LogP) is 4.34. The van der Waals surface area contributed by atoms with Gasteiger partial charge in [0.1, 0.15) is 18.1 Å². The maximum atomic E-state index is 12.5. The largest absolute Gasteiger partial charge is 0.491 e. The van der Waals surface area contributed by atoms with Gasteiger partial charge in [-0.15, -0.1) is 0 Å². The summed E-state index contributed by atoms with van der Waals surface area (Å²) in [6, 6.07) is 14.1. The minimum Gasteiger partial charge on any atom is -0.491 e. The maximum Gasteiger partial charge on any atom is 0.256 e.